The van der Waals surface area contributed by atoms with Crippen molar-refractivity contribution in [1.29, 1.82) is 0 Å². The van der Waals surface area contributed by atoms with Gasteiger partial charge in [0.25, 0.3) is 0 Å². The highest BCUT2D eigenvalue weighted by atomic mass is 79.9. The minimum atomic E-state index is -0.153. The Morgan fingerprint density at radius 1 is 1.47 bits per heavy atom. The smallest absolute Gasteiger partial charge is 0.307 e. The predicted molar refractivity (Wildman–Crippen MR) is 71.8 cm³/mol. The van der Waals surface area contributed by atoms with Crippen LogP contribution in [-0.2, 0) is 9.53 Å². The first-order valence-electron chi connectivity index (χ1n) is 5.78. The molecule has 1 aromatic rings. The molecule has 1 aromatic carbocycles. The number of rotatable bonds is 6. The van der Waals surface area contributed by atoms with Crippen LogP contribution in [0.25, 0.3) is 0 Å². The van der Waals surface area contributed by atoms with E-state index in [1.807, 2.05) is 25.1 Å². The molecular formula is C13H18BrNO2. The van der Waals surface area contributed by atoms with Crippen molar-refractivity contribution in [2.45, 2.75) is 26.3 Å². The Morgan fingerprint density at radius 2 is 2.18 bits per heavy atom. The van der Waals surface area contributed by atoms with Crippen LogP contribution in [0.5, 0.6) is 0 Å². The highest BCUT2D eigenvalue weighted by molar-refractivity contribution is 9.10. The van der Waals surface area contributed by atoms with Crippen molar-refractivity contribution >= 4 is 21.9 Å². The second kappa shape index (κ2) is 7.45. The Balaban J connectivity index is 2.38. The summed E-state index contributed by atoms with van der Waals surface area (Å²) in [5, 5.41) is 3.30. The molecule has 0 aromatic heterocycles. The minimum Gasteiger partial charge on any atom is -0.466 e. The lowest BCUT2D eigenvalue weighted by Crippen LogP contribution is -2.23. The molecule has 0 saturated carbocycles. The number of esters is 1. The number of halogens is 1. The molecule has 1 rings (SSSR count). The van der Waals surface area contributed by atoms with Gasteiger partial charge in [0, 0.05) is 17.1 Å². The fourth-order valence-electron chi connectivity index (χ4n) is 1.56. The van der Waals surface area contributed by atoms with E-state index in [0.717, 1.165) is 4.47 Å². The molecule has 0 spiro atoms. The number of ether oxygens (including phenoxy) is 1. The van der Waals surface area contributed by atoms with Crippen LogP contribution in [0.15, 0.2) is 28.7 Å². The van der Waals surface area contributed by atoms with Gasteiger partial charge >= 0.3 is 5.97 Å². The zero-order valence-corrected chi connectivity index (χ0v) is 11.8. The van der Waals surface area contributed by atoms with E-state index in [0.29, 0.717) is 19.6 Å². The van der Waals surface area contributed by atoms with Crippen molar-refractivity contribution in [3.05, 3.63) is 34.3 Å². The van der Waals surface area contributed by atoms with Gasteiger partial charge < -0.3 is 10.1 Å². The van der Waals surface area contributed by atoms with Gasteiger partial charge in [-0.3, -0.25) is 4.79 Å². The summed E-state index contributed by atoms with van der Waals surface area (Å²) in [5.74, 6) is -0.153. The van der Waals surface area contributed by atoms with Crippen LogP contribution in [-0.4, -0.2) is 19.1 Å². The fourth-order valence-corrected chi connectivity index (χ4v) is 2.19. The van der Waals surface area contributed by atoms with Gasteiger partial charge in [0.15, 0.2) is 0 Å². The molecule has 1 atom stereocenters. The molecule has 0 saturated heterocycles. The third kappa shape index (κ3) is 4.88. The minimum absolute atomic E-state index is 0.153. The first kappa shape index (κ1) is 14.2. The molecule has 17 heavy (non-hydrogen) atoms. The largest absolute Gasteiger partial charge is 0.466 e. The lowest BCUT2D eigenvalue weighted by Gasteiger charge is -2.15. The van der Waals surface area contributed by atoms with Crippen LogP contribution in [0.1, 0.15) is 31.9 Å². The van der Waals surface area contributed by atoms with Crippen molar-refractivity contribution in [1.82, 2.24) is 5.32 Å². The van der Waals surface area contributed by atoms with Crippen molar-refractivity contribution in [3.63, 3.8) is 0 Å². The maximum atomic E-state index is 11.2. The zero-order valence-electron chi connectivity index (χ0n) is 10.2. The summed E-state index contributed by atoms with van der Waals surface area (Å²) in [6.45, 7) is 4.96. The van der Waals surface area contributed by atoms with Gasteiger partial charge in [-0.1, -0.05) is 34.1 Å². The lowest BCUT2D eigenvalue weighted by molar-refractivity contribution is -0.143. The lowest BCUT2D eigenvalue weighted by atomic mass is 10.1. The Morgan fingerprint density at radius 3 is 2.82 bits per heavy atom. The molecule has 0 bridgehead atoms. The summed E-state index contributed by atoms with van der Waals surface area (Å²) in [4.78, 5) is 11.2. The molecule has 0 aliphatic rings. The van der Waals surface area contributed by atoms with E-state index >= 15 is 0 Å². The van der Waals surface area contributed by atoms with Gasteiger partial charge in [0.2, 0.25) is 0 Å². The van der Waals surface area contributed by atoms with Gasteiger partial charge in [0.05, 0.1) is 13.0 Å². The van der Waals surface area contributed by atoms with Gasteiger partial charge in [-0.15, -0.1) is 0 Å². The summed E-state index contributed by atoms with van der Waals surface area (Å²) in [6, 6.07) is 8.27. The van der Waals surface area contributed by atoms with Gasteiger partial charge in [-0.05, 0) is 25.5 Å². The van der Waals surface area contributed by atoms with Crippen molar-refractivity contribution in [3.8, 4) is 0 Å². The maximum Gasteiger partial charge on any atom is 0.307 e. The maximum absolute atomic E-state index is 11.2. The highest BCUT2D eigenvalue weighted by Crippen LogP contribution is 2.22. The second-order valence-electron chi connectivity index (χ2n) is 3.75. The van der Waals surface area contributed by atoms with Crippen LogP contribution in [0.3, 0.4) is 0 Å². The predicted octanol–water partition coefficient (Wildman–Crippen LogP) is 3.05. The summed E-state index contributed by atoms with van der Waals surface area (Å²) < 4.78 is 5.94. The zero-order chi connectivity index (χ0) is 12.7. The summed E-state index contributed by atoms with van der Waals surface area (Å²) >= 11 is 3.51. The van der Waals surface area contributed by atoms with E-state index in [4.69, 9.17) is 4.74 Å². The van der Waals surface area contributed by atoms with Crippen LogP contribution < -0.4 is 5.32 Å². The van der Waals surface area contributed by atoms with Crippen LogP contribution in [0, 0.1) is 0 Å². The van der Waals surface area contributed by atoms with E-state index in [-0.39, 0.29) is 12.0 Å². The molecule has 0 fully saturated rings. The highest BCUT2D eigenvalue weighted by Gasteiger charge is 2.08. The Kier molecular flexibility index (Phi) is 6.22. The van der Waals surface area contributed by atoms with Crippen molar-refractivity contribution < 1.29 is 9.53 Å². The number of hydrogen-bond acceptors (Lipinski definition) is 3. The van der Waals surface area contributed by atoms with Crippen molar-refractivity contribution in [2.24, 2.45) is 0 Å². The molecule has 94 valence electrons. The standard InChI is InChI=1S/C13H18BrNO2/c1-3-17-13(16)8-9-15-10(2)11-6-4-5-7-12(11)14/h4-7,10,15H,3,8-9H2,1-2H3/t10-/m1/s1. The van der Waals surface area contributed by atoms with E-state index in [2.05, 4.69) is 34.2 Å². The number of nitrogens with one attached hydrogen (secondary N) is 1. The molecule has 1 N–H and O–H groups in total. The Hall–Kier alpha value is -0.870. The normalized spacial score (nSPS) is 12.2. The SMILES string of the molecule is CCOC(=O)CCN[C@H](C)c1ccccc1Br. The summed E-state index contributed by atoms with van der Waals surface area (Å²) in [5.41, 5.74) is 1.19. The second-order valence-corrected chi connectivity index (χ2v) is 4.61. The molecule has 0 amide bonds. The van der Waals surface area contributed by atoms with Gasteiger partial charge in [-0.25, -0.2) is 0 Å². The average molecular weight is 300 g/mol. The molecule has 0 aliphatic heterocycles. The summed E-state index contributed by atoms with van der Waals surface area (Å²) in [6.07, 6.45) is 0.405. The quantitative estimate of drug-likeness (QED) is 0.821. The summed E-state index contributed by atoms with van der Waals surface area (Å²) in [7, 11) is 0. The first-order valence-corrected chi connectivity index (χ1v) is 6.58. The monoisotopic (exact) mass is 299 g/mol. The molecule has 4 heteroatoms. The van der Waals surface area contributed by atoms with Crippen LogP contribution >= 0.6 is 15.9 Å². The third-order valence-electron chi connectivity index (χ3n) is 2.46. The number of benzene rings is 1. The molecule has 0 unspecified atom stereocenters. The average Bonchev–Trinajstić information content (AvgIpc) is 2.29. The van der Waals surface area contributed by atoms with E-state index in [9.17, 15) is 4.79 Å². The molecular weight excluding hydrogens is 282 g/mol. The van der Waals surface area contributed by atoms with E-state index in [1.54, 1.807) is 0 Å². The van der Waals surface area contributed by atoms with E-state index in [1.165, 1.54) is 5.56 Å². The molecule has 0 aliphatic carbocycles. The van der Waals surface area contributed by atoms with Crippen LogP contribution in [0.4, 0.5) is 0 Å². The Labute approximate surface area is 111 Å². The van der Waals surface area contributed by atoms with E-state index < -0.39 is 0 Å². The van der Waals surface area contributed by atoms with Crippen molar-refractivity contribution in [2.75, 3.05) is 13.2 Å². The fraction of sp³-hybridized carbons (Fsp3) is 0.462. The van der Waals surface area contributed by atoms with Gasteiger partial charge in [-0.2, -0.15) is 0 Å². The molecule has 3 nitrogen and oxygen atoms in total. The molecule has 0 radical (unpaired) electrons. The molecule has 0 heterocycles. The number of carbonyl (C=O) groups is 1. The first-order chi connectivity index (χ1) is 8.15. The number of carbonyl (C=O) groups excluding carboxylic acids is 1. The topological polar surface area (TPSA) is 38.3 Å². The number of hydrogen-bond donors (Lipinski definition) is 1. The Bertz CT molecular complexity index is 368. The third-order valence-corrected chi connectivity index (χ3v) is 3.18. The van der Waals surface area contributed by atoms with Gasteiger partial charge in [0.1, 0.15) is 0 Å². The van der Waals surface area contributed by atoms with Crippen LogP contribution in [0.2, 0.25) is 0 Å².